The van der Waals surface area contributed by atoms with E-state index in [0.717, 1.165) is 25.9 Å². The standard InChI is InChI=1S/C29H31Cl2FN8O/c30-18-13-22(31)25(23(32)14-18)37-29-36-24-15-34-28(35-19-5-4-12-39(16-19)20-6-2-1-3-7-20)38-27(24)40(29)21-10-8-17(9-11-21)26(33)41/h1-3,6-7,13-15,17,19,21H,4-5,8-12,16H2,(H2,33,41)(H,36,37)(H,34,35,38)/t17-,19-,21+/m1/s1. The van der Waals surface area contributed by atoms with Gasteiger partial charge < -0.3 is 21.3 Å². The van der Waals surface area contributed by atoms with Crippen molar-refractivity contribution in [3.05, 3.63) is 64.5 Å². The summed E-state index contributed by atoms with van der Waals surface area (Å²) in [6, 6.07) is 13.2. The summed E-state index contributed by atoms with van der Waals surface area (Å²) in [5.74, 6) is -0.131. The molecule has 12 heteroatoms. The van der Waals surface area contributed by atoms with Crippen molar-refractivity contribution in [2.45, 2.75) is 50.6 Å². The fourth-order valence-corrected chi connectivity index (χ4v) is 6.45. The predicted octanol–water partition coefficient (Wildman–Crippen LogP) is 6.31. The molecule has 3 heterocycles. The molecule has 41 heavy (non-hydrogen) atoms. The Balaban J connectivity index is 1.31. The van der Waals surface area contributed by atoms with Gasteiger partial charge in [0.2, 0.25) is 17.8 Å². The minimum absolute atomic E-state index is 0.0294. The quantitative estimate of drug-likeness (QED) is 0.229. The van der Waals surface area contributed by atoms with Gasteiger partial charge in [-0.1, -0.05) is 41.4 Å². The van der Waals surface area contributed by atoms with Crippen molar-refractivity contribution in [1.29, 1.82) is 0 Å². The average Bonchev–Trinajstić information content (AvgIpc) is 3.33. The minimum atomic E-state index is -0.591. The van der Waals surface area contributed by atoms with Gasteiger partial charge in [0.05, 0.1) is 16.9 Å². The summed E-state index contributed by atoms with van der Waals surface area (Å²) in [5.41, 5.74) is 8.04. The summed E-state index contributed by atoms with van der Waals surface area (Å²) in [7, 11) is 0. The first-order valence-electron chi connectivity index (χ1n) is 13.9. The van der Waals surface area contributed by atoms with Crippen molar-refractivity contribution in [2.24, 2.45) is 11.7 Å². The number of benzene rings is 2. The number of carbonyl (C=O) groups is 1. The Morgan fingerprint density at radius 2 is 1.83 bits per heavy atom. The zero-order valence-corrected chi connectivity index (χ0v) is 23.9. The number of para-hydroxylation sites is 1. The summed E-state index contributed by atoms with van der Waals surface area (Å²) in [4.78, 5) is 28.4. The zero-order chi connectivity index (χ0) is 28.5. The highest BCUT2D eigenvalue weighted by molar-refractivity contribution is 6.36. The van der Waals surface area contributed by atoms with Crippen LogP contribution in [0.15, 0.2) is 48.7 Å². The first-order chi connectivity index (χ1) is 19.9. The molecule has 2 aromatic carbocycles. The zero-order valence-electron chi connectivity index (χ0n) is 22.4. The second kappa shape index (κ2) is 11.7. The lowest BCUT2D eigenvalue weighted by Gasteiger charge is -2.34. The second-order valence-electron chi connectivity index (χ2n) is 10.8. The van der Waals surface area contributed by atoms with Gasteiger partial charge in [0.15, 0.2) is 5.65 Å². The van der Waals surface area contributed by atoms with Crippen LogP contribution < -0.4 is 21.3 Å². The molecular formula is C29H31Cl2FN8O. The van der Waals surface area contributed by atoms with Crippen LogP contribution in [0.2, 0.25) is 10.0 Å². The van der Waals surface area contributed by atoms with Crippen molar-refractivity contribution < 1.29 is 9.18 Å². The number of fused-ring (bicyclic) bond motifs is 1. The van der Waals surface area contributed by atoms with Crippen LogP contribution in [0.25, 0.3) is 11.2 Å². The number of aromatic nitrogens is 4. The van der Waals surface area contributed by atoms with E-state index in [-0.39, 0.29) is 39.6 Å². The molecule has 1 saturated heterocycles. The number of hydrogen-bond donors (Lipinski definition) is 3. The third kappa shape index (κ3) is 5.90. The van der Waals surface area contributed by atoms with Crippen LogP contribution in [-0.4, -0.2) is 44.6 Å². The molecule has 0 unspecified atom stereocenters. The maximum absolute atomic E-state index is 14.9. The molecule has 214 valence electrons. The monoisotopic (exact) mass is 596 g/mol. The first-order valence-corrected chi connectivity index (χ1v) is 14.6. The van der Waals surface area contributed by atoms with E-state index >= 15 is 0 Å². The van der Waals surface area contributed by atoms with Crippen molar-refractivity contribution in [3.8, 4) is 0 Å². The highest BCUT2D eigenvalue weighted by atomic mass is 35.5. The molecule has 1 atom stereocenters. The van der Waals surface area contributed by atoms with Crippen LogP contribution in [0.1, 0.15) is 44.6 Å². The minimum Gasteiger partial charge on any atom is -0.369 e. The van der Waals surface area contributed by atoms with Gasteiger partial charge in [0.1, 0.15) is 11.3 Å². The van der Waals surface area contributed by atoms with E-state index in [1.807, 2.05) is 10.6 Å². The summed E-state index contributed by atoms with van der Waals surface area (Å²) < 4.78 is 16.9. The lowest BCUT2D eigenvalue weighted by atomic mass is 9.85. The Labute approximate surface area is 247 Å². The molecule has 0 spiro atoms. The molecule has 0 bridgehead atoms. The number of piperidine rings is 1. The van der Waals surface area contributed by atoms with Crippen LogP contribution in [0.4, 0.5) is 27.7 Å². The number of nitrogens with one attached hydrogen (secondary N) is 2. The van der Waals surface area contributed by atoms with Gasteiger partial charge in [0, 0.05) is 41.8 Å². The number of imidazole rings is 1. The lowest BCUT2D eigenvalue weighted by molar-refractivity contribution is -0.122. The number of nitrogens with zero attached hydrogens (tertiary/aromatic N) is 5. The SMILES string of the molecule is NC(=O)[C@H]1CC[C@@H](n2c(Nc3c(F)cc(Cl)cc3Cl)nc3cnc(N[C@@H]4CCCN(c5ccccc5)C4)nc32)CC1. The Morgan fingerprint density at radius 3 is 2.56 bits per heavy atom. The second-order valence-corrected chi connectivity index (χ2v) is 11.6. The van der Waals surface area contributed by atoms with Gasteiger partial charge in [-0.2, -0.15) is 4.98 Å². The van der Waals surface area contributed by atoms with Gasteiger partial charge in [0.25, 0.3) is 0 Å². The average molecular weight is 598 g/mol. The first kappa shape index (κ1) is 27.5. The maximum Gasteiger partial charge on any atom is 0.225 e. The Bertz CT molecular complexity index is 1530. The van der Waals surface area contributed by atoms with Crippen LogP contribution >= 0.6 is 23.2 Å². The molecule has 6 rings (SSSR count). The molecule has 1 amide bonds. The van der Waals surface area contributed by atoms with E-state index < -0.39 is 5.82 Å². The van der Waals surface area contributed by atoms with Gasteiger partial charge in [-0.25, -0.2) is 14.4 Å². The smallest absolute Gasteiger partial charge is 0.225 e. The number of halogens is 3. The molecule has 1 aliphatic carbocycles. The highest BCUT2D eigenvalue weighted by Crippen LogP contribution is 2.38. The number of rotatable bonds is 7. The molecular weight excluding hydrogens is 566 g/mol. The van der Waals surface area contributed by atoms with E-state index in [0.29, 0.717) is 48.7 Å². The van der Waals surface area contributed by atoms with Crippen LogP contribution in [0, 0.1) is 11.7 Å². The maximum atomic E-state index is 14.9. The highest BCUT2D eigenvalue weighted by Gasteiger charge is 2.30. The van der Waals surface area contributed by atoms with E-state index in [9.17, 15) is 9.18 Å². The third-order valence-corrected chi connectivity index (χ3v) is 8.53. The lowest BCUT2D eigenvalue weighted by Crippen LogP contribution is -2.42. The molecule has 2 aliphatic rings. The van der Waals surface area contributed by atoms with E-state index in [4.69, 9.17) is 38.9 Å². The molecule has 2 aromatic heterocycles. The van der Waals surface area contributed by atoms with Gasteiger partial charge in [-0.3, -0.25) is 9.36 Å². The fourth-order valence-electron chi connectivity index (χ4n) is 5.94. The third-order valence-electron chi connectivity index (χ3n) is 8.02. The topological polar surface area (TPSA) is 114 Å². The molecule has 4 aromatic rings. The normalized spacial score (nSPS) is 21.1. The van der Waals surface area contributed by atoms with E-state index in [1.165, 1.54) is 17.8 Å². The molecule has 4 N–H and O–H groups in total. The summed E-state index contributed by atoms with van der Waals surface area (Å²) in [6.07, 6.45) is 6.45. The summed E-state index contributed by atoms with van der Waals surface area (Å²) in [5, 5.41) is 6.95. The predicted molar refractivity (Wildman–Crippen MR) is 161 cm³/mol. The number of hydrogen-bond acceptors (Lipinski definition) is 7. The van der Waals surface area contributed by atoms with Gasteiger partial charge in [-0.15, -0.1) is 0 Å². The van der Waals surface area contributed by atoms with Crippen molar-refractivity contribution >= 4 is 63.5 Å². The van der Waals surface area contributed by atoms with Gasteiger partial charge >= 0.3 is 0 Å². The van der Waals surface area contributed by atoms with E-state index in [1.54, 1.807) is 6.20 Å². The Kier molecular flexibility index (Phi) is 7.86. The molecule has 1 saturated carbocycles. The van der Waals surface area contributed by atoms with Crippen molar-refractivity contribution in [1.82, 2.24) is 19.5 Å². The van der Waals surface area contributed by atoms with E-state index in [2.05, 4.69) is 44.8 Å². The molecule has 9 nitrogen and oxygen atoms in total. The summed E-state index contributed by atoms with van der Waals surface area (Å²) >= 11 is 12.3. The van der Waals surface area contributed by atoms with Crippen LogP contribution in [0.3, 0.4) is 0 Å². The number of carbonyl (C=O) groups excluding carboxylic acids is 1. The molecule has 0 radical (unpaired) electrons. The summed E-state index contributed by atoms with van der Waals surface area (Å²) in [6.45, 7) is 1.84. The Hall–Kier alpha value is -3.63. The van der Waals surface area contributed by atoms with Crippen LogP contribution in [-0.2, 0) is 4.79 Å². The number of anilines is 4. The fraction of sp³-hybridized carbons (Fsp3) is 0.379. The number of amides is 1. The Morgan fingerprint density at radius 1 is 1.05 bits per heavy atom. The number of primary amides is 1. The van der Waals surface area contributed by atoms with Crippen molar-refractivity contribution in [2.75, 3.05) is 28.6 Å². The molecule has 1 aliphatic heterocycles. The van der Waals surface area contributed by atoms with Crippen LogP contribution in [0.5, 0.6) is 0 Å². The molecule has 2 fully saturated rings. The number of nitrogens with two attached hydrogens (primary N) is 1. The van der Waals surface area contributed by atoms with Gasteiger partial charge in [-0.05, 0) is 62.8 Å². The van der Waals surface area contributed by atoms with Crippen molar-refractivity contribution in [3.63, 3.8) is 0 Å². The largest absolute Gasteiger partial charge is 0.369 e.